The van der Waals surface area contributed by atoms with Crippen LogP contribution in [-0.2, 0) is 9.53 Å². The fraction of sp³-hybridized carbons (Fsp3) is 0.364. The molecule has 1 unspecified atom stereocenters. The number of hydrogen-bond acceptors (Lipinski definition) is 3. The van der Waals surface area contributed by atoms with Gasteiger partial charge in [-0.1, -0.05) is 30.0 Å². The highest BCUT2D eigenvalue weighted by Crippen LogP contribution is 2.45. The van der Waals surface area contributed by atoms with Gasteiger partial charge in [-0.3, -0.25) is 0 Å². The van der Waals surface area contributed by atoms with Gasteiger partial charge in [0.2, 0.25) is 0 Å². The van der Waals surface area contributed by atoms with E-state index in [9.17, 15) is 4.79 Å². The summed E-state index contributed by atoms with van der Waals surface area (Å²) in [4.78, 5) is 13.3. The number of hydrogen-bond donors (Lipinski definition) is 0. The third-order valence-corrected chi connectivity index (χ3v) is 3.81. The normalized spacial score (nSPS) is 24.7. The summed E-state index contributed by atoms with van der Waals surface area (Å²) in [5.41, 5.74) is 1.27. The molecule has 0 aromatic carbocycles. The van der Waals surface area contributed by atoms with Crippen LogP contribution in [0.2, 0.25) is 0 Å². The molecule has 0 N–H and O–H groups in total. The lowest BCUT2D eigenvalue weighted by molar-refractivity contribution is -0.135. The van der Waals surface area contributed by atoms with Crippen molar-refractivity contribution in [3.05, 3.63) is 33.6 Å². The Labute approximate surface area is 87.7 Å². The molecule has 0 radical (unpaired) electrons. The average Bonchev–Trinajstić information content (AvgIpc) is 2.62. The molecule has 2 nitrogen and oxygen atoms in total. The van der Waals surface area contributed by atoms with Gasteiger partial charge in [0, 0.05) is 10.8 Å². The first-order valence-electron chi connectivity index (χ1n) is 4.57. The van der Waals surface area contributed by atoms with Crippen LogP contribution < -0.4 is 0 Å². The molecular formula is C11H12O2S. The Morgan fingerprint density at radius 3 is 3.07 bits per heavy atom. The molecule has 0 aromatic rings. The van der Waals surface area contributed by atoms with E-state index in [0.717, 1.165) is 11.3 Å². The van der Waals surface area contributed by atoms with Crippen molar-refractivity contribution in [2.24, 2.45) is 5.92 Å². The lowest BCUT2D eigenvalue weighted by Gasteiger charge is -2.14. The summed E-state index contributed by atoms with van der Waals surface area (Å²) >= 11 is 1.55. The second-order valence-electron chi connectivity index (χ2n) is 3.42. The molecule has 74 valence electrons. The maximum atomic E-state index is 11.3. The van der Waals surface area contributed by atoms with E-state index in [-0.39, 0.29) is 5.97 Å². The van der Waals surface area contributed by atoms with Gasteiger partial charge >= 0.3 is 5.97 Å². The van der Waals surface area contributed by atoms with Crippen molar-refractivity contribution < 1.29 is 9.53 Å². The zero-order valence-corrected chi connectivity index (χ0v) is 9.06. The van der Waals surface area contributed by atoms with Gasteiger partial charge in [-0.2, -0.15) is 0 Å². The molecule has 3 heteroatoms. The molecule has 0 saturated carbocycles. The zero-order valence-electron chi connectivity index (χ0n) is 8.24. The predicted molar refractivity (Wildman–Crippen MR) is 57.6 cm³/mol. The maximum absolute atomic E-state index is 11.3. The molecule has 0 amide bonds. The first-order chi connectivity index (χ1) is 6.72. The fourth-order valence-electron chi connectivity index (χ4n) is 1.72. The Hall–Kier alpha value is -0.960. The highest BCUT2D eigenvalue weighted by Gasteiger charge is 2.28. The van der Waals surface area contributed by atoms with E-state index in [1.54, 1.807) is 11.8 Å². The summed E-state index contributed by atoms with van der Waals surface area (Å²) in [5.74, 6) is 0.184. The van der Waals surface area contributed by atoms with Crippen LogP contribution in [0, 0.1) is 5.92 Å². The molecule has 0 saturated heterocycles. The SMILES string of the molecule is COC(=O)C1=CC2CC=CC(C)=C2S1. The predicted octanol–water partition coefficient (Wildman–Crippen LogP) is 2.64. The van der Waals surface area contributed by atoms with Gasteiger partial charge in [-0.25, -0.2) is 4.79 Å². The summed E-state index contributed by atoms with van der Waals surface area (Å²) in [6.07, 6.45) is 7.28. The van der Waals surface area contributed by atoms with Gasteiger partial charge in [0.25, 0.3) is 0 Å². The quantitative estimate of drug-likeness (QED) is 0.620. The first-order valence-corrected chi connectivity index (χ1v) is 5.39. The van der Waals surface area contributed by atoms with Crippen LogP contribution in [0.25, 0.3) is 0 Å². The van der Waals surface area contributed by atoms with Crippen molar-refractivity contribution in [3.63, 3.8) is 0 Å². The molecule has 0 bridgehead atoms. The number of carbonyl (C=O) groups excluding carboxylic acids is 1. The van der Waals surface area contributed by atoms with Crippen LogP contribution in [-0.4, -0.2) is 13.1 Å². The van der Waals surface area contributed by atoms with Crippen LogP contribution in [0.5, 0.6) is 0 Å². The molecule has 14 heavy (non-hydrogen) atoms. The van der Waals surface area contributed by atoms with Gasteiger partial charge in [-0.05, 0) is 18.9 Å². The molecule has 1 atom stereocenters. The summed E-state index contributed by atoms with van der Waals surface area (Å²) < 4.78 is 4.70. The minimum atomic E-state index is -0.218. The standard InChI is InChI=1S/C11H12O2S/c1-7-4-3-5-8-6-9(11(12)13-2)14-10(7)8/h3-4,6,8H,5H2,1-2H3. The van der Waals surface area contributed by atoms with E-state index in [1.807, 2.05) is 6.08 Å². The molecule has 1 aliphatic carbocycles. The highest BCUT2D eigenvalue weighted by molar-refractivity contribution is 8.07. The van der Waals surface area contributed by atoms with Crippen LogP contribution in [0.1, 0.15) is 13.3 Å². The second-order valence-corrected chi connectivity index (χ2v) is 4.50. The zero-order chi connectivity index (χ0) is 10.1. The number of ether oxygens (including phenoxy) is 1. The Morgan fingerprint density at radius 2 is 2.43 bits per heavy atom. The van der Waals surface area contributed by atoms with Crippen molar-refractivity contribution >= 4 is 17.7 Å². The molecule has 0 spiro atoms. The molecule has 2 rings (SSSR count). The summed E-state index contributed by atoms with van der Waals surface area (Å²) in [5, 5.41) is 0. The van der Waals surface area contributed by atoms with E-state index in [1.165, 1.54) is 17.6 Å². The van der Waals surface area contributed by atoms with E-state index in [0.29, 0.717) is 5.92 Å². The molecular weight excluding hydrogens is 196 g/mol. The first kappa shape index (κ1) is 9.59. The minimum Gasteiger partial charge on any atom is -0.465 e. The van der Waals surface area contributed by atoms with Crippen molar-refractivity contribution in [2.75, 3.05) is 7.11 Å². The number of fused-ring (bicyclic) bond motifs is 1. The van der Waals surface area contributed by atoms with Crippen LogP contribution in [0.3, 0.4) is 0 Å². The van der Waals surface area contributed by atoms with Crippen LogP contribution in [0.4, 0.5) is 0 Å². The van der Waals surface area contributed by atoms with Crippen molar-refractivity contribution in [2.45, 2.75) is 13.3 Å². The Bertz CT molecular complexity index is 363. The Balaban J connectivity index is 2.24. The average molecular weight is 208 g/mol. The lowest BCUT2D eigenvalue weighted by atomic mass is 9.96. The van der Waals surface area contributed by atoms with E-state index >= 15 is 0 Å². The molecule has 0 aromatic heterocycles. The smallest absolute Gasteiger partial charge is 0.344 e. The largest absolute Gasteiger partial charge is 0.465 e. The molecule has 1 heterocycles. The Morgan fingerprint density at radius 1 is 1.64 bits per heavy atom. The van der Waals surface area contributed by atoms with Crippen LogP contribution in [0.15, 0.2) is 33.6 Å². The number of allylic oxidation sites excluding steroid dienone is 5. The number of carbonyl (C=O) groups is 1. The Kier molecular flexibility index (Phi) is 2.50. The fourth-order valence-corrected chi connectivity index (χ4v) is 2.90. The molecule has 1 aliphatic heterocycles. The van der Waals surface area contributed by atoms with Crippen molar-refractivity contribution in [1.29, 1.82) is 0 Å². The van der Waals surface area contributed by atoms with Gasteiger partial charge in [0.15, 0.2) is 0 Å². The summed E-state index contributed by atoms with van der Waals surface area (Å²) in [7, 11) is 1.42. The maximum Gasteiger partial charge on any atom is 0.344 e. The van der Waals surface area contributed by atoms with Crippen molar-refractivity contribution in [3.8, 4) is 0 Å². The van der Waals surface area contributed by atoms with Gasteiger partial charge in [0.1, 0.15) is 0 Å². The van der Waals surface area contributed by atoms with E-state index in [2.05, 4.69) is 19.1 Å². The molecule has 2 aliphatic rings. The third-order valence-electron chi connectivity index (χ3n) is 2.44. The monoisotopic (exact) mass is 208 g/mol. The number of thioether (sulfide) groups is 1. The summed E-state index contributed by atoms with van der Waals surface area (Å²) in [6.45, 7) is 2.08. The number of methoxy groups -OCH3 is 1. The van der Waals surface area contributed by atoms with Gasteiger partial charge in [-0.15, -0.1) is 0 Å². The number of rotatable bonds is 1. The van der Waals surface area contributed by atoms with E-state index in [4.69, 9.17) is 4.74 Å². The third kappa shape index (κ3) is 1.52. The highest BCUT2D eigenvalue weighted by atomic mass is 32.2. The minimum absolute atomic E-state index is 0.218. The van der Waals surface area contributed by atoms with Crippen LogP contribution >= 0.6 is 11.8 Å². The van der Waals surface area contributed by atoms with E-state index < -0.39 is 0 Å². The summed E-state index contributed by atoms with van der Waals surface area (Å²) in [6, 6.07) is 0. The second kappa shape index (κ2) is 3.65. The lowest BCUT2D eigenvalue weighted by Crippen LogP contribution is -1.99. The van der Waals surface area contributed by atoms with Gasteiger partial charge in [0.05, 0.1) is 12.0 Å². The van der Waals surface area contributed by atoms with Gasteiger partial charge < -0.3 is 4.74 Å². The van der Waals surface area contributed by atoms with Crippen molar-refractivity contribution in [1.82, 2.24) is 0 Å². The molecule has 0 fully saturated rings. The topological polar surface area (TPSA) is 26.3 Å². The number of esters is 1.